The molecule has 0 radical (unpaired) electrons. The van der Waals surface area contributed by atoms with Gasteiger partial charge in [0.25, 0.3) is 5.56 Å². The number of benzene rings is 1. The molecule has 35 heavy (non-hydrogen) atoms. The minimum Gasteiger partial charge on any atom is -0.468 e. The minimum atomic E-state index is -0.135. The summed E-state index contributed by atoms with van der Waals surface area (Å²) >= 11 is 0. The molecule has 4 aromatic rings. The van der Waals surface area contributed by atoms with Crippen LogP contribution >= 0.6 is 0 Å². The van der Waals surface area contributed by atoms with Gasteiger partial charge in [-0.3, -0.25) is 9.69 Å². The fourth-order valence-electron chi connectivity index (χ4n) is 4.97. The van der Waals surface area contributed by atoms with E-state index in [0.717, 1.165) is 47.5 Å². The van der Waals surface area contributed by atoms with Crippen LogP contribution in [0.3, 0.4) is 0 Å². The lowest BCUT2D eigenvalue weighted by molar-refractivity contribution is 0.0836. The minimum absolute atomic E-state index is 0.0889. The summed E-state index contributed by atoms with van der Waals surface area (Å²) in [5, 5.41) is 13.8. The molecule has 0 saturated carbocycles. The quantitative estimate of drug-likeness (QED) is 0.390. The molecule has 0 unspecified atom stereocenters. The summed E-state index contributed by atoms with van der Waals surface area (Å²) in [6.45, 7) is 8.67. The van der Waals surface area contributed by atoms with Crippen LogP contribution in [0.25, 0.3) is 10.9 Å². The number of ether oxygens (including phenoxy) is 1. The topological polar surface area (TPSA) is 102 Å². The Hall–Kier alpha value is -3.30. The summed E-state index contributed by atoms with van der Waals surface area (Å²) < 4.78 is 13.4. The lowest BCUT2D eigenvalue weighted by Gasteiger charge is -2.33. The van der Waals surface area contributed by atoms with Crippen molar-refractivity contribution in [3.63, 3.8) is 0 Å². The van der Waals surface area contributed by atoms with E-state index in [1.54, 1.807) is 6.26 Å². The van der Waals surface area contributed by atoms with Gasteiger partial charge in [-0.15, -0.1) is 5.10 Å². The summed E-state index contributed by atoms with van der Waals surface area (Å²) in [7, 11) is 0. The smallest absolute Gasteiger partial charge is 0.252 e. The number of tetrazole rings is 1. The highest BCUT2D eigenvalue weighted by molar-refractivity contribution is 5.79. The summed E-state index contributed by atoms with van der Waals surface area (Å²) in [5.41, 5.74) is 2.56. The molecule has 1 aromatic carbocycles. The summed E-state index contributed by atoms with van der Waals surface area (Å²) in [6, 6.07) is 11.8. The van der Waals surface area contributed by atoms with Crippen LogP contribution in [0, 0.1) is 12.8 Å². The average Bonchev–Trinajstić information content (AvgIpc) is 3.59. The Bertz CT molecular complexity index is 1320. The van der Waals surface area contributed by atoms with Crippen LogP contribution in [-0.4, -0.2) is 42.8 Å². The number of rotatable bonds is 9. The molecule has 1 saturated heterocycles. The molecule has 1 aliphatic rings. The Morgan fingerprint density at radius 1 is 1.23 bits per heavy atom. The maximum atomic E-state index is 13.1. The molecule has 9 nitrogen and oxygen atoms in total. The Morgan fingerprint density at radius 3 is 2.86 bits per heavy atom. The van der Waals surface area contributed by atoms with Crippen molar-refractivity contribution in [2.75, 3.05) is 6.61 Å². The number of aryl methyl sites for hydroxylation is 1. The van der Waals surface area contributed by atoms with E-state index in [1.807, 2.05) is 41.9 Å². The van der Waals surface area contributed by atoms with E-state index in [0.29, 0.717) is 25.2 Å². The SMILES string of the molecule is Cc1ccc2cc(CN(Cc3ccco3)[C@H](c3nnnn3C[C@@H]3CCCO3)C(C)C)c(=O)[nH]c2c1. The zero-order valence-electron chi connectivity index (χ0n) is 20.5. The van der Waals surface area contributed by atoms with Crippen LogP contribution in [0.5, 0.6) is 0 Å². The fourth-order valence-corrected chi connectivity index (χ4v) is 4.97. The molecule has 0 spiro atoms. The highest BCUT2D eigenvalue weighted by atomic mass is 16.5. The second-order valence-corrected chi connectivity index (χ2v) is 9.74. The average molecular weight is 477 g/mol. The Balaban J connectivity index is 1.51. The third-order valence-corrected chi connectivity index (χ3v) is 6.64. The van der Waals surface area contributed by atoms with Crippen LogP contribution in [0.15, 0.2) is 51.9 Å². The van der Waals surface area contributed by atoms with E-state index in [2.05, 4.69) is 45.3 Å². The predicted molar refractivity (Wildman–Crippen MR) is 132 cm³/mol. The number of pyridine rings is 1. The number of furan rings is 1. The second-order valence-electron chi connectivity index (χ2n) is 9.74. The molecule has 3 aromatic heterocycles. The van der Waals surface area contributed by atoms with E-state index in [9.17, 15) is 4.79 Å². The van der Waals surface area contributed by atoms with Crippen LogP contribution in [0.4, 0.5) is 0 Å². The number of hydrogen-bond acceptors (Lipinski definition) is 7. The third-order valence-electron chi connectivity index (χ3n) is 6.64. The maximum absolute atomic E-state index is 13.1. The third kappa shape index (κ3) is 5.21. The first kappa shape index (κ1) is 23.4. The first-order valence-corrected chi connectivity index (χ1v) is 12.2. The molecule has 9 heteroatoms. The number of nitrogens with one attached hydrogen (secondary N) is 1. The van der Waals surface area contributed by atoms with Crippen molar-refractivity contribution >= 4 is 10.9 Å². The van der Waals surface area contributed by atoms with Crippen LogP contribution in [0.1, 0.15) is 55.4 Å². The van der Waals surface area contributed by atoms with Gasteiger partial charge >= 0.3 is 0 Å². The molecule has 4 heterocycles. The van der Waals surface area contributed by atoms with Crippen LogP contribution in [0.2, 0.25) is 0 Å². The van der Waals surface area contributed by atoms with E-state index >= 15 is 0 Å². The zero-order chi connectivity index (χ0) is 24.4. The number of fused-ring (bicyclic) bond motifs is 1. The van der Waals surface area contributed by atoms with Gasteiger partial charge in [-0.05, 0) is 71.3 Å². The van der Waals surface area contributed by atoms with Gasteiger partial charge in [0.2, 0.25) is 0 Å². The predicted octanol–water partition coefficient (Wildman–Crippen LogP) is 3.99. The van der Waals surface area contributed by atoms with Crippen molar-refractivity contribution in [3.8, 4) is 0 Å². The molecule has 0 bridgehead atoms. The molecule has 184 valence electrons. The van der Waals surface area contributed by atoms with Gasteiger partial charge < -0.3 is 14.1 Å². The molecule has 5 rings (SSSR count). The molecule has 1 fully saturated rings. The molecule has 0 aliphatic carbocycles. The van der Waals surface area contributed by atoms with Gasteiger partial charge in [-0.2, -0.15) is 0 Å². The molecule has 0 amide bonds. The van der Waals surface area contributed by atoms with Crippen molar-refractivity contribution in [2.45, 2.75) is 65.4 Å². The second kappa shape index (κ2) is 10.1. The number of H-pyrrole nitrogens is 1. The fraction of sp³-hybridized carbons (Fsp3) is 0.462. The van der Waals surface area contributed by atoms with Gasteiger partial charge in [0.15, 0.2) is 5.82 Å². The Kier molecular flexibility index (Phi) is 6.79. The Morgan fingerprint density at radius 2 is 2.11 bits per heavy atom. The van der Waals surface area contributed by atoms with Gasteiger partial charge in [0.05, 0.1) is 31.5 Å². The lowest BCUT2D eigenvalue weighted by Crippen LogP contribution is -2.35. The first-order chi connectivity index (χ1) is 17.0. The summed E-state index contributed by atoms with van der Waals surface area (Å²) in [5.74, 6) is 1.78. The van der Waals surface area contributed by atoms with Crippen molar-refractivity contribution in [1.29, 1.82) is 0 Å². The molecular formula is C26H32N6O3. The largest absolute Gasteiger partial charge is 0.468 e. The van der Waals surface area contributed by atoms with Crippen LogP contribution < -0.4 is 5.56 Å². The molecular weight excluding hydrogens is 444 g/mol. The zero-order valence-corrected chi connectivity index (χ0v) is 20.5. The van der Waals surface area contributed by atoms with Gasteiger partial charge in [0, 0.05) is 24.2 Å². The van der Waals surface area contributed by atoms with E-state index in [4.69, 9.17) is 9.15 Å². The van der Waals surface area contributed by atoms with Gasteiger partial charge in [-0.25, -0.2) is 4.68 Å². The van der Waals surface area contributed by atoms with E-state index in [1.165, 1.54) is 0 Å². The molecule has 1 N–H and O–H groups in total. The number of nitrogens with zero attached hydrogens (tertiary/aromatic N) is 5. The van der Waals surface area contributed by atoms with Crippen LogP contribution in [-0.2, 0) is 24.4 Å². The number of aromatic nitrogens is 5. The van der Waals surface area contributed by atoms with Crippen molar-refractivity contribution in [2.24, 2.45) is 5.92 Å². The van der Waals surface area contributed by atoms with Crippen molar-refractivity contribution in [1.82, 2.24) is 30.1 Å². The summed E-state index contributed by atoms with van der Waals surface area (Å²) in [6.07, 6.45) is 3.86. The monoisotopic (exact) mass is 476 g/mol. The van der Waals surface area contributed by atoms with E-state index < -0.39 is 0 Å². The standard InChI is InChI=1S/C26H32N6O3/c1-17(2)24(25-28-29-30-32(25)16-22-7-5-11-35-22)31(15-21-6-4-10-34-21)14-20-13-19-9-8-18(3)12-23(19)27-26(20)33/h4,6,8-10,12-13,17,22,24H,5,7,11,14-16H2,1-3H3,(H,27,33)/t22-,24-/m0/s1. The molecule has 1 aliphatic heterocycles. The number of aromatic amines is 1. The molecule has 2 atom stereocenters. The first-order valence-electron chi connectivity index (χ1n) is 12.2. The van der Waals surface area contributed by atoms with E-state index in [-0.39, 0.29) is 23.6 Å². The lowest BCUT2D eigenvalue weighted by atomic mass is 10.00. The van der Waals surface area contributed by atoms with Gasteiger partial charge in [-0.1, -0.05) is 26.0 Å². The highest BCUT2D eigenvalue weighted by Crippen LogP contribution is 2.31. The summed E-state index contributed by atoms with van der Waals surface area (Å²) in [4.78, 5) is 18.4. The Labute approximate surface area is 204 Å². The normalized spacial score (nSPS) is 17.1. The highest BCUT2D eigenvalue weighted by Gasteiger charge is 2.31. The number of hydrogen-bond donors (Lipinski definition) is 1. The van der Waals surface area contributed by atoms with Crippen molar-refractivity contribution < 1.29 is 9.15 Å². The maximum Gasteiger partial charge on any atom is 0.252 e. The van der Waals surface area contributed by atoms with Gasteiger partial charge in [0.1, 0.15) is 5.76 Å². The van der Waals surface area contributed by atoms with Crippen molar-refractivity contribution in [3.05, 3.63) is 75.7 Å².